The summed E-state index contributed by atoms with van der Waals surface area (Å²) in [5, 5.41) is 2.51. The zero-order valence-corrected chi connectivity index (χ0v) is 18.3. The number of nitrogens with zero attached hydrogens (tertiary/aromatic N) is 1. The molecule has 3 aromatic carbocycles. The molecule has 0 amide bonds. The minimum atomic E-state index is 0.422. The van der Waals surface area contributed by atoms with Crippen molar-refractivity contribution in [2.75, 3.05) is 0 Å². The van der Waals surface area contributed by atoms with E-state index in [2.05, 4.69) is 102 Å². The summed E-state index contributed by atoms with van der Waals surface area (Å²) in [5.74, 6) is 0.422. The largest absolute Gasteiger partial charge is 0.256 e. The second-order valence-corrected chi connectivity index (χ2v) is 8.43. The Morgan fingerprint density at radius 1 is 0.862 bits per heavy atom. The van der Waals surface area contributed by atoms with Crippen LogP contribution in [0.25, 0.3) is 16.3 Å². The van der Waals surface area contributed by atoms with Gasteiger partial charge in [-0.25, -0.2) is 0 Å². The molecule has 0 aliphatic heterocycles. The standard InChI is InChI=1S/C28H29N/c1-17-13-20(4)28(21(5)14-17)29-16-26-24-10-8-7-9-23(24)11-12-25(26)27-19(3)15-18(2)22(27)6/h7-16,19H,1-6H3/b29-16+. The van der Waals surface area contributed by atoms with Gasteiger partial charge in [0.2, 0.25) is 0 Å². The van der Waals surface area contributed by atoms with E-state index >= 15 is 0 Å². The monoisotopic (exact) mass is 379 g/mol. The van der Waals surface area contributed by atoms with Gasteiger partial charge in [-0.3, -0.25) is 4.99 Å². The van der Waals surface area contributed by atoms with E-state index in [0.717, 1.165) is 5.69 Å². The molecule has 0 N–H and O–H groups in total. The minimum Gasteiger partial charge on any atom is -0.256 e. The first-order valence-electron chi connectivity index (χ1n) is 10.4. The minimum absolute atomic E-state index is 0.422. The van der Waals surface area contributed by atoms with Crippen LogP contribution in [0, 0.1) is 26.7 Å². The van der Waals surface area contributed by atoms with Gasteiger partial charge in [0.25, 0.3) is 0 Å². The number of aliphatic imine (C=N–C) groups is 1. The molecule has 29 heavy (non-hydrogen) atoms. The molecule has 146 valence electrons. The quantitative estimate of drug-likeness (QED) is 0.410. The Balaban J connectivity index is 1.94. The van der Waals surface area contributed by atoms with Crippen LogP contribution < -0.4 is 0 Å². The maximum absolute atomic E-state index is 5.00. The normalized spacial score (nSPS) is 16.9. The van der Waals surface area contributed by atoms with Crippen molar-refractivity contribution in [3.05, 3.63) is 93.6 Å². The number of benzene rings is 3. The molecule has 4 rings (SSSR count). The fourth-order valence-electron chi connectivity index (χ4n) is 4.76. The van der Waals surface area contributed by atoms with Crippen molar-refractivity contribution in [3.8, 4) is 0 Å². The van der Waals surface area contributed by atoms with E-state index in [1.165, 1.54) is 55.3 Å². The van der Waals surface area contributed by atoms with Gasteiger partial charge in [0.05, 0.1) is 5.69 Å². The maximum Gasteiger partial charge on any atom is 0.0688 e. The predicted molar refractivity (Wildman–Crippen MR) is 127 cm³/mol. The summed E-state index contributed by atoms with van der Waals surface area (Å²) in [7, 11) is 0. The van der Waals surface area contributed by atoms with Crippen molar-refractivity contribution in [2.24, 2.45) is 10.9 Å². The summed E-state index contributed by atoms with van der Waals surface area (Å²) in [5.41, 5.74) is 11.5. The molecule has 1 unspecified atom stereocenters. The Morgan fingerprint density at radius 2 is 1.55 bits per heavy atom. The molecule has 0 saturated carbocycles. The van der Waals surface area contributed by atoms with Crippen LogP contribution in [0.5, 0.6) is 0 Å². The van der Waals surface area contributed by atoms with E-state index in [9.17, 15) is 0 Å². The predicted octanol–water partition coefficient (Wildman–Crippen LogP) is 7.89. The number of hydrogen-bond donors (Lipinski definition) is 0. The molecule has 0 spiro atoms. The molecule has 1 nitrogen and oxygen atoms in total. The molecule has 1 aliphatic rings. The van der Waals surface area contributed by atoms with E-state index in [4.69, 9.17) is 4.99 Å². The van der Waals surface area contributed by atoms with Gasteiger partial charge in [0, 0.05) is 17.7 Å². The SMILES string of the molecule is CC1=CC(C)C(c2ccc3ccccc3c2/C=N/c2c(C)cc(C)cc2C)=C1C. The Labute approximate surface area is 174 Å². The van der Waals surface area contributed by atoms with E-state index in [-0.39, 0.29) is 0 Å². The molecule has 0 heterocycles. The van der Waals surface area contributed by atoms with Crippen molar-refractivity contribution in [2.45, 2.75) is 41.5 Å². The fourth-order valence-corrected chi connectivity index (χ4v) is 4.76. The third-order valence-electron chi connectivity index (χ3n) is 6.17. The van der Waals surface area contributed by atoms with Gasteiger partial charge in [0.15, 0.2) is 0 Å². The number of aryl methyl sites for hydroxylation is 3. The van der Waals surface area contributed by atoms with Gasteiger partial charge in [-0.2, -0.15) is 0 Å². The second-order valence-electron chi connectivity index (χ2n) is 8.43. The lowest BCUT2D eigenvalue weighted by Crippen LogP contribution is -2.00. The summed E-state index contributed by atoms with van der Waals surface area (Å²) in [6, 6.07) is 17.6. The molecule has 0 radical (unpaired) electrons. The third-order valence-corrected chi connectivity index (χ3v) is 6.17. The third kappa shape index (κ3) is 3.46. The summed E-state index contributed by atoms with van der Waals surface area (Å²) >= 11 is 0. The molecule has 0 fully saturated rings. The van der Waals surface area contributed by atoms with Gasteiger partial charge in [-0.15, -0.1) is 0 Å². The summed E-state index contributed by atoms with van der Waals surface area (Å²) < 4.78 is 0. The Bertz CT molecular complexity index is 1180. The van der Waals surface area contributed by atoms with Crippen LogP contribution in [0.2, 0.25) is 0 Å². The van der Waals surface area contributed by atoms with Gasteiger partial charge >= 0.3 is 0 Å². The molecule has 0 aromatic heterocycles. The second kappa shape index (κ2) is 7.48. The lowest BCUT2D eigenvalue weighted by Gasteiger charge is -2.16. The number of hydrogen-bond acceptors (Lipinski definition) is 1. The van der Waals surface area contributed by atoms with Crippen LogP contribution in [0.1, 0.15) is 48.6 Å². The number of allylic oxidation sites excluding steroid dienone is 4. The first kappa shape index (κ1) is 19.4. The molecule has 0 bridgehead atoms. The zero-order valence-electron chi connectivity index (χ0n) is 18.3. The maximum atomic E-state index is 5.00. The first-order valence-corrected chi connectivity index (χ1v) is 10.4. The van der Waals surface area contributed by atoms with Crippen LogP contribution >= 0.6 is 0 Å². The Kier molecular flexibility index (Phi) is 5.00. The zero-order chi connectivity index (χ0) is 20.7. The van der Waals surface area contributed by atoms with Crippen LogP contribution in [-0.2, 0) is 0 Å². The highest BCUT2D eigenvalue weighted by atomic mass is 14.7. The van der Waals surface area contributed by atoms with E-state index < -0.39 is 0 Å². The molecular formula is C28H29N. The fraction of sp³-hybridized carbons (Fsp3) is 0.250. The molecule has 1 aliphatic carbocycles. The molecule has 1 atom stereocenters. The topological polar surface area (TPSA) is 12.4 Å². The lowest BCUT2D eigenvalue weighted by molar-refractivity contribution is 0.975. The van der Waals surface area contributed by atoms with Crippen LogP contribution in [0.15, 0.2) is 70.7 Å². The van der Waals surface area contributed by atoms with Crippen molar-refractivity contribution in [1.29, 1.82) is 0 Å². The lowest BCUT2D eigenvalue weighted by atomic mass is 9.88. The smallest absolute Gasteiger partial charge is 0.0688 e. The molecule has 0 saturated heterocycles. The van der Waals surface area contributed by atoms with Crippen molar-refractivity contribution in [1.82, 2.24) is 0 Å². The number of rotatable bonds is 3. The summed E-state index contributed by atoms with van der Waals surface area (Å²) in [6.45, 7) is 13.2. The van der Waals surface area contributed by atoms with Crippen molar-refractivity contribution >= 4 is 28.2 Å². The van der Waals surface area contributed by atoms with Gasteiger partial charge in [-0.05, 0) is 73.2 Å². The summed E-state index contributed by atoms with van der Waals surface area (Å²) in [6.07, 6.45) is 4.46. The highest BCUT2D eigenvalue weighted by molar-refractivity contribution is 6.06. The average Bonchev–Trinajstić information content (AvgIpc) is 2.92. The van der Waals surface area contributed by atoms with Crippen molar-refractivity contribution < 1.29 is 0 Å². The summed E-state index contributed by atoms with van der Waals surface area (Å²) in [4.78, 5) is 5.00. The highest BCUT2D eigenvalue weighted by Gasteiger charge is 2.22. The molecule has 3 aromatic rings. The number of fused-ring (bicyclic) bond motifs is 1. The van der Waals surface area contributed by atoms with Crippen LogP contribution in [0.3, 0.4) is 0 Å². The first-order chi connectivity index (χ1) is 13.9. The van der Waals surface area contributed by atoms with E-state index in [1.54, 1.807) is 0 Å². The highest BCUT2D eigenvalue weighted by Crippen LogP contribution is 2.40. The van der Waals surface area contributed by atoms with Gasteiger partial charge in [0.1, 0.15) is 0 Å². The average molecular weight is 380 g/mol. The van der Waals surface area contributed by atoms with Crippen LogP contribution in [-0.4, -0.2) is 6.21 Å². The Hall–Kier alpha value is -2.93. The molecular weight excluding hydrogens is 350 g/mol. The Morgan fingerprint density at radius 3 is 2.21 bits per heavy atom. The van der Waals surface area contributed by atoms with Gasteiger partial charge < -0.3 is 0 Å². The van der Waals surface area contributed by atoms with Crippen LogP contribution in [0.4, 0.5) is 5.69 Å². The van der Waals surface area contributed by atoms with Gasteiger partial charge in [-0.1, -0.05) is 72.7 Å². The van der Waals surface area contributed by atoms with E-state index in [1.807, 2.05) is 0 Å². The van der Waals surface area contributed by atoms with E-state index in [0.29, 0.717) is 5.92 Å². The molecule has 1 heteroatoms. The van der Waals surface area contributed by atoms with Crippen molar-refractivity contribution in [3.63, 3.8) is 0 Å².